The minimum absolute atomic E-state index is 0.0593. The van der Waals surface area contributed by atoms with Crippen molar-refractivity contribution in [3.63, 3.8) is 0 Å². The van der Waals surface area contributed by atoms with Crippen LogP contribution >= 0.6 is 0 Å². The van der Waals surface area contributed by atoms with E-state index in [9.17, 15) is 18.0 Å². The lowest BCUT2D eigenvalue weighted by Crippen LogP contribution is -2.13. The van der Waals surface area contributed by atoms with Crippen LogP contribution in [0.15, 0.2) is 18.5 Å². The highest BCUT2D eigenvalue weighted by atomic mass is 19.4. The summed E-state index contributed by atoms with van der Waals surface area (Å²) in [5, 5.41) is 0.311. The zero-order chi connectivity index (χ0) is 12.6. The molecule has 2 aromatic rings. The predicted molar refractivity (Wildman–Crippen MR) is 54.4 cm³/mol. The summed E-state index contributed by atoms with van der Waals surface area (Å²) in [7, 11) is 0. The molecule has 2 rings (SSSR count). The Bertz CT molecular complexity index is 574. The second kappa shape index (κ2) is 3.76. The summed E-state index contributed by atoms with van der Waals surface area (Å²) in [5.41, 5.74) is 5.32. The number of aromatic amines is 1. The lowest BCUT2D eigenvalue weighted by Gasteiger charge is -2.04. The van der Waals surface area contributed by atoms with Gasteiger partial charge in [-0.1, -0.05) is 0 Å². The number of primary amides is 1. The van der Waals surface area contributed by atoms with Crippen LogP contribution in [0.3, 0.4) is 0 Å². The Morgan fingerprint density at radius 1 is 1.47 bits per heavy atom. The third-order valence-electron chi connectivity index (χ3n) is 2.31. The van der Waals surface area contributed by atoms with Crippen molar-refractivity contribution < 1.29 is 18.0 Å². The number of hydrogen-bond acceptors (Lipinski definition) is 2. The average Bonchev–Trinajstić information content (AvgIpc) is 2.59. The van der Waals surface area contributed by atoms with E-state index in [2.05, 4.69) is 9.97 Å². The van der Waals surface area contributed by atoms with E-state index < -0.39 is 18.5 Å². The molecular formula is C10H8F3N3O. The molecule has 90 valence electrons. The molecule has 0 bridgehead atoms. The topological polar surface area (TPSA) is 71.8 Å². The molecule has 0 saturated carbocycles. The van der Waals surface area contributed by atoms with Crippen LogP contribution in [0.5, 0.6) is 0 Å². The number of carbonyl (C=O) groups excluding carboxylic acids is 1. The lowest BCUT2D eigenvalue weighted by atomic mass is 10.1. The Morgan fingerprint density at radius 2 is 2.18 bits per heavy atom. The Kier molecular flexibility index (Phi) is 2.53. The first-order valence-electron chi connectivity index (χ1n) is 4.70. The van der Waals surface area contributed by atoms with E-state index in [-0.39, 0.29) is 16.8 Å². The predicted octanol–water partition coefficient (Wildman–Crippen LogP) is 1.77. The smallest absolute Gasteiger partial charge is 0.364 e. The van der Waals surface area contributed by atoms with Crippen LogP contribution in [0.4, 0.5) is 13.2 Å². The van der Waals surface area contributed by atoms with E-state index >= 15 is 0 Å². The molecule has 0 aliphatic carbocycles. The van der Waals surface area contributed by atoms with Crippen molar-refractivity contribution in [3.8, 4) is 0 Å². The van der Waals surface area contributed by atoms with Gasteiger partial charge in [0.1, 0.15) is 0 Å². The van der Waals surface area contributed by atoms with Crippen LogP contribution in [0.2, 0.25) is 0 Å². The van der Waals surface area contributed by atoms with Gasteiger partial charge in [-0.15, -0.1) is 0 Å². The minimum atomic E-state index is -4.30. The summed E-state index contributed by atoms with van der Waals surface area (Å²) in [5.74, 6) is -0.781. The molecule has 0 fully saturated rings. The largest absolute Gasteiger partial charge is 0.393 e. The Morgan fingerprint density at radius 3 is 2.76 bits per heavy atom. The first kappa shape index (κ1) is 11.4. The van der Waals surface area contributed by atoms with Crippen molar-refractivity contribution in [2.75, 3.05) is 0 Å². The number of alkyl halides is 3. The van der Waals surface area contributed by atoms with Crippen molar-refractivity contribution in [2.24, 2.45) is 5.73 Å². The highest BCUT2D eigenvalue weighted by molar-refractivity contribution is 6.03. The lowest BCUT2D eigenvalue weighted by molar-refractivity contribution is -0.127. The fourth-order valence-corrected chi connectivity index (χ4v) is 1.66. The monoisotopic (exact) mass is 243 g/mol. The SMILES string of the molecule is NC(=O)c1nccc2c(CC(F)(F)F)c[nH]c12. The van der Waals surface area contributed by atoms with E-state index in [0.29, 0.717) is 5.39 Å². The summed E-state index contributed by atoms with van der Waals surface area (Å²) in [4.78, 5) is 17.4. The van der Waals surface area contributed by atoms with E-state index in [0.717, 1.165) is 0 Å². The Labute approximate surface area is 93.6 Å². The third-order valence-corrected chi connectivity index (χ3v) is 2.31. The average molecular weight is 243 g/mol. The van der Waals surface area contributed by atoms with Gasteiger partial charge < -0.3 is 10.7 Å². The van der Waals surface area contributed by atoms with Gasteiger partial charge in [-0.25, -0.2) is 4.98 Å². The standard InChI is InChI=1S/C10H8F3N3O/c11-10(12,13)3-5-4-16-7-6(5)1-2-15-8(7)9(14)17/h1-2,4,16H,3H2,(H2,14,17). The fraction of sp³-hybridized carbons (Fsp3) is 0.200. The fourth-order valence-electron chi connectivity index (χ4n) is 1.66. The number of pyridine rings is 1. The molecule has 7 heteroatoms. The second-order valence-electron chi connectivity index (χ2n) is 3.55. The molecule has 0 spiro atoms. The first-order valence-corrected chi connectivity index (χ1v) is 4.70. The molecule has 1 amide bonds. The summed E-state index contributed by atoms with van der Waals surface area (Å²) in [6.45, 7) is 0. The van der Waals surface area contributed by atoms with Crippen LogP contribution in [0.25, 0.3) is 10.9 Å². The molecule has 0 aromatic carbocycles. The highest BCUT2D eigenvalue weighted by Crippen LogP contribution is 2.27. The highest BCUT2D eigenvalue weighted by Gasteiger charge is 2.29. The summed E-state index contributed by atoms with van der Waals surface area (Å²) in [6.07, 6.45) is -2.89. The number of aromatic nitrogens is 2. The Hall–Kier alpha value is -2.05. The molecule has 0 atom stereocenters. The van der Waals surface area contributed by atoms with Crippen molar-refractivity contribution in [2.45, 2.75) is 12.6 Å². The summed E-state index contributed by atoms with van der Waals surface area (Å²) >= 11 is 0. The summed E-state index contributed by atoms with van der Waals surface area (Å²) < 4.78 is 36.9. The number of halogens is 3. The molecule has 0 radical (unpaired) electrons. The molecular weight excluding hydrogens is 235 g/mol. The zero-order valence-corrected chi connectivity index (χ0v) is 8.51. The normalized spacial score (nSPS) is 11.9. The molecule has 3 N–H and O–H groups in total. The number of amides is 1. The first-order chi connectivity index (χ1) is 7.88. The van der Waals surface area contributed by atoms with Crippen molar-refractivity contribution in [1.29, 1.82) is 0 Å². The van der Waals surface area contributed by atoms with Crippen LogP contribution < -0.4 is 5.73 Å². The number of rotatable bonds is 2. The van der Waals surface area contributed by atoms with E-state index in [4.69, 9.17) is 5.73 Å². The maximum Gasteiger partial charge on any atom is 0.393 e. The van der Waals surface area contributed by atoms with Crippen LogP contribution in [0, 0.1) is 0 Å². The van der Waals surface area contributed by atoms with Gasteiger partial charge in [0, 0.05) is 17.8 Å². The van der Waals surface area contributed by atoms with Crippen molar-refractivity contribution in [3.05, 3.63) is 29.7 Å². The van der Waals surface area contributed by atoms with Gasteiger partial charge in [0.15, 0.2) is 5.69 Å². The molecule has 0 unspecified atom stereocenters. The quantitative estimate of drug-likeness (QED) is 0.843. The van der Waals surface area contributed by atoms with Crippen molar-refractivity contribution in [1.82, 2.24) is 9.97 Å². The van der Waals surface area contributed by atoms with Gasteiger partial charge in [0.25, 0.3) is 5.91 Å². The minimum Gasteiger partial charge on any atom is -0.364 e. The molecule has 4 nitrogen and oxygen atoms in total. The number of H-pyrrole nitrogens is 1. The third kappa shape index (κ3) is 2.22. The summed E-state index contributed by atoms with van der Waals surface area (Å²) in [6, 6.07) is 1.42. The molecule has 17 heavy (non-hydrogen) atoms. The second-order valence-corrected chi connectivity index (χ2v) is 3.55. The van der Waals surface area contributed by atoms with Gasteiger partial charge in [0.2, 0.25) is 0 Å². The number of carbonyl (C=O) groups is 1. The molecule has 2 aromatic heterocycles. The van der Waals surface area contributed by atoms with Gasteiger partial charge >= 0.3 is 6.18 Å². The van der Waals surface area contributed by atoms with E-state index in [1.165, 1.54) is 18.5 Å². The number of fused-ring (bicyclic) bond motifs is 1. The number of hydrogen-bond donors (Lipinski definition) is 2. The molecule has 0 aliphatic heterocycles. The van der Waals surface area contributed by atoms with Gasteiger partial charge in [-0.2, -0.15) is 13.2 Å². The van der Waals surface area contributed by atoms with E-state index in [1.54, 1.807) is 0 Å². The number of nitrogens with two attached hydrogens (primary N) is 1. The van der Waals surface area contributed by atoms with Gasteiger partial charge in [-0.05, 0) is 11.6 Å². The number of nitrogens with one attached hydrogen (secondary N) is 1. The molecule has 0 saturated heterocycles. The van der Waals surface area contributed by atoms with E-state index in [1.807, 2.05) is 0 Å². The zero-order valence-electron chi connectivity index (χ0n) is 8.51. The van der Waals surface area contributed by atoms with Gasteiger partial charge in [-0.3, -0.25) is 4.79 Å². The van der Waals surface area contributed by atoms with Crippen LogP contribution in [-0.4, -0.2) is 22.1 Å². The number of nitrogens with zero attached hydrogens (tertiary/aromatic N) is 1. The maximum absolute atomic E-state index is 12.3. The maximum atomic E-state index is 12.3. The van der Waals surface area contributed by atoms with Gasteiger partial charge in [0.05, 0.1) is 11.9 Å². The van der Waals surface area contributed by atoms with Crippen molar-refractivity contribution >= 4 is 16.8 Å². The van der Waals surface area contributed by atoms with Crippen LogP contribution in [-0.2, 0) is 6.42 Å². The van der Waals surface area contributed by atoms with Crippen LogP contribution in [0.1, 0.15) is 16.1 Å². The molecule has 0 aliphatic rings. The Balaban J connectivity index is 2.55. The molecule has 2 heterocycles.